The summed E-state index contributed by atoms with van der Waals surface area (Å²) in [5.74, 6) is -0.326. The molecule has 3 heterocycles. The number of carbonyl (C=O) groups is 2. The minimum Gasteiger partial charge on any atom is -0.349 e. The van der Waals surface area contributed by atoms with Crippen LogP contribution in [0.2, 0.25) is 5.02 Å². The summed E-state index contributed by atoms with van der Waals surface area (Å²) in [5.41, 5.74) is 1.79. The zero-order valence-electron chi connectivity index (χ0n) is 18.6. The van der Waals surface area contributed by atoms with E-state index in [0.717, 1.165) is 51.3 Å². The van der Waals surface area contributed by atoms with Gasteiger partial charge < -0.3 is 15.1 Å². The molecule has 1 aromatic heterocycles. The molecule has 2 amide bonds. The Kier molecular flexibility index (Phi) is 7.44. The van der Waals surface area contributed by atoms with E-state index in [-0.39, 0.29) is 11.8 Å². The van der Waals surface area contributed by atoms with Crippen molar-refractivity contribution in [1.82, 2.24) is 29.8 Å². The van der Waals surface area contributed by atoms with Gasteiger partial charge in [0.1, 0.15) is 5.69 Å². The number of benzene rings is 1. The highest BCUT2D eigenvalue weighted by molar-refractivity contribution is 6.30. The van der Waals surface area contributed by atoms with E-state index in [4.69, 9.17) is 11.6 Å². The van der Waals surface area contributed by atoms with Crippen LogP contribution in [-0.4, -0.2) is 88.7 Å². The predicted molar refractivity (Wildman–Crippen MR) is 124 cm³/mol. The Morgan fingerprint density at radius 1 is 1.06 bits per heavy atom. The minimum absolute atomic E-state index is 0.0993. The lowest BCUT2D eigenvalue weighted by Gasteiger charge is -2.33. The van der Waals surface area contributed by atoms with Crippen LogP contribution in [0.25, 0.3) is 0 Å². The molecule has 4 rings (SSSR count). The molecule has 8 nitrogen and oxygen atoms in total. The van der Waals surface area contributed by atoms with Gasteiger partial charge in [-0.3, -0.25) is 19.2 Å². The van der Waals surface area contributed by atoms with Gasteiger partial charge in [0, 0.05) is 70.0 Å². The van der Waals surface area contributed by atoms with Crippen LogP contribution in [0.5, 0.6) is 0 Å². The molecule has 1 N–H and O–H groups in total. The molecule has 0 bridgehead atoms. The lowest BCUT2D eigenvalue weighted by atomic mass is 10.2. The number of aryl methyl sites for hydroxylation is 1. The van der Waals surface area contributed by atoms with Crippen molar-refractivity contribution in [2.24, 2.45) is 0 Å². The average Bonchev–Trinajstić information content (AvgIpc) is 3.18. The van der Waals surface area contributed by atoms with Crippen molar-refractivity contribution in [2.45, 2.75) is 26.4 Å². The number of nitrogens with zero attached hydrogens (tertiary/aromatic N) is 5. The van der Waals surface area contributed by atoms with Crippen LogP contribution in [0.3, 0.4) is 0 Å². The quantitative estimate of drug-likeness (QED) is 0.686. The normalized spacial score (nSPS) is 17.8. The molecular weight excluding hydrogens is 428 g/mol. The van der Waals surface area contributed by atoms with Gasteiger partial charge in [-0.25, -0.2) is 0 Å². The van der Waals surface area contributed by atoms with Crippen molar-refractivity contribution < 1.29 is 9.59 Å². The van der Waals surface area contributed by atoms with Gasteiger partial charge in [-0.15, -0.1) is 0 Å². The van der Waals surface area contributed by atoms with E-state index in [0.29, 0.717) is 42.6 Å². The van der Waals surface area contributed by atoms with Gasteiger partial charge >= 0.3 is 0 Å². The standard InChI is InChI=1S/C23H31ClN6O2/c1-2-27-12-14-28(15-13-27)11-8-25-22(31)20-16-21-23(32)29(9-3-10-30(21)26-20)17-18-4-6-19(24)7-5-18/h4-7,16H,2-3,8-15,17H2,1H3,(H,25,31). The highest BCUT2D eigenvalue weighted by atomic mass is 35.5. The SMILES string of the molecule is CCN1CCN(CCNC(=O)c2cc3n(n2)CCCN(Cc2ccc(Cl)cc2)C3=O)CC1. The lowest BCUT2D eigenvalue weighted by Crippen LogP contribution is -2.48. The number of aromatic nitrogens is 2. The molecule has 9 heteroatoms. The fourth-order valence-electron chi connectivity index (χ4n) is 4.25. The third-order valence-electron chi connectivity index (χ3n) is 6.23. The Labute approximate surface area is 194 Å². The van der Waals surface area contributed by atoms with E-state index in [9.17, 15) is 9.59 Å². The Morgan fingerprint density at radius 2 is 1.78 bits per heavy atom. The van der Waals surface area contributed by atoms with E-state index in [1.807, 2.05) is 24.3 Å². The van der Waals surface area contributed by atoms with Gasteiger partial charge in [0.15, 0.2) is 5.69 Å². The third kappa shape index (κ3) is 5.49. The second-order valence-electron chi connectivity index (χ2n) is 8.38. The van der Waals surface area contributed by atoms with Crippen molar-refractivity contribution in [3.63, 3.8) is 0 Å². The molecule has 0 saturated carbocycles. The second-order valence-corrected chi connectivity index (χ2v) is 8.81. The van der Waals surface area contributed by atoms with Crippen molar-refractivity contribution in [2.75, 3.05) is 52.4 Å². The molecule has 2 aromatic rings. The Balaban J connectivity index is 1.33. The van der Waals surface area contributed by atoms with Gasteiger partial charge in [-0.1, -0.05) is 30.7 Å². The fourth-order valence-corrected chi connectivity index (χ4v) is 4.38. The van der Waals surface area contributed by atoms with Gasteiger partial charge in [0.25, 0.3) is 11.8 Å². The molecule has 1 fully saturated rings. The minimum atomic E-state index is -0.227. The zero-order valence-corrected chi connectivity index (χ0v) is 19.4. The maximum absolute atomic E-state index is 13.1. The molecule has 1 aromatic carbocycles. The van der Waals surface area contributed by atoms with Crippen molar-refractivity contribution >= 4 is 23.4 Å². The van der Waals surface area contributed by atoms with Crippen LogP contribution < -0.4 is 5.32 Å². The topological polar surface area (TPSA) is 73.7 Å². The van der Waals surface area contributed by atoms with Crippen molar-refractivity contribution in [1.29, 1.82) is 0 Å². The predicted octanol–water partition coefficient (Wildman–Crippen LogP) is 1.95. The first-order valence-electron chi connectivity index (χ1n) is 11.4. The number of fused-ring (bicyclic) bond motifs is 1. The molecule has 2 aliphatic heterocycles. The first-order chi connectivity index (χ1) is 15.5. The second kappa shape index (κ2) is 10.5. The molecule has 1 saturated heterocycles. The molecule has 32 heavy (non-hydrogen) atoms. The summed E-state index contributed by atoms with van der Waals surface area (Å²) in [6, 6.07) is 9.14. The van der Waals surface area contributed by atoms with Crippen LogP contribution >= 0.6 is 11.6 Å². The molecular formula is C23H31ClN6O2. The molecule has 0 spiro atoms. The number of halogens is 1. The Morgan fingerprint density at radius 3 is 2.50 bits per heavy atom. The first kappa shape index (κ1) is 22.8. The van der Waals surface area contributed by atoms with Gasteiger partial charge in [-0.2, -0.15) is 5.10 Å². The van der Waals surface area contributed by atoms with E-state index in [2.05, 4.69) is 27.1 Å². The molecule has 0 unspecified atom stereocenters. The number of hydrogen-bond donors (Lipinski definition) is 1. The van der Waals surface area contributed by atoms with Gasteiger partial charge in [0.2, 0.25) is 0 Å². The summed E-state index contributed by atoms with van der Waals surface area (Å²) < 4.78 is 1.67. The Hall–Kier alpha value is -2.42. The Bertz CT molecular complexity index is 936. The summed E-state index contributed by atoms with van der Waals surface area (Å²) in [6.07, 6.45) is 0.790. The summed E-state index contributed by atoms with van der Waals surface area (Å²) in [7, 11) is 0. The number of nitrogens with one attached hydrogen (secondary N) is 1. The highest BCUT2D eigenvalue weighted by Crippen LogP contribution is 2.18. The van der Waals surface area contributed by atoms with Crippen molar-refractivity contribution in [3.05, 3.63) is 52.3 Å². The number of carbonyl (C=O) groups excluding carboxylic acids is 2. The number of rotatable bonds is 7. The van der Waals surface area contributed by atoms with Gasteiger partial charge in [0.05, 0.1) is 0 Å². The largest absolute Gasteiger partial charge is 0.349 e. The average molecular weight is 459 g/mol. The summed E-state index contributed by atoms with van der Waals surface area (Å²) in [5, 5.41) is 8.05. The number of piperazine rings is 1. The fraction of sp³-hybridized carbons (Fsp3) is 0.522. The van der Waals surface area contributed by atoms with Crippen LogP contribution in [0.4, 0.5) is 0 Å². The number of likely N-dealkylation sites (N-methyl/N-ethyl adjacent to an activating group) is 1. The van der Waals surface area contributed by atoms with E-state index in [1.54, 1.807) is 15.6 Å². The maximum atomic E-state index is 13.1. The molecule has 2 aliphatic rings. The molecule has 0 aliphatic carbocycles. The van der Waals surface area contributed by atoms with Crippen LogP contribution in [0, 0.1) is 0 Å². The monoisotopic (exact) mass is 458 g/mol. The van der Waals surface area contributed by atoms with Gasteiger partial charge in [-0.05, 0) is 30.7 Å². The third-order valence-corrected chi connectivity index (χ3v) is 6.48. The molecule has 172 valence electrons. The van der Waals surface area contributed by atoms with Crippen molar-refractivity contribution in [3.8, 4) is 0 Å². The van der Waals surface area contributed by atoms with Crippen LogP contribution in [0.1, 0.15) is 39.9 Å². The summed E-state index contributed by atoms with van der Waals surface area (Å²) >= 11 is 5.97. The number of hydrogen-bond acceptors (Lipinski definition) is 5. The van der Waals surface area contributed by atoms with E-state index < -0.39 is 0 Å². The summed E-state index contributed by atoms with van der Waals surface area (Å²) in [6.45, 7) is 10.7. The summed E-state index contributed by atoms with van der Waals surface area (Å²) in [4.78, 5) is 32.4. The van der Waals surface area contributed by atoms with Crippen LogP contribution in [0.15, 0.2) is 30.3 Å². The molecule has 0 atom stereocenters. The zero-order chi connectivity index (χ0) is 22.5. The smallest absolute Gasteiger partial charge is 0.272 e. The lowest BCUT2D eigenvalue weighted by molar-refractivity contribution is 0.0745. The first-order valence-corrected chi connectivity index (χ1v) is 11.8. The maximum Gasteiger partial charge on any atom is 0.272 e. The van der Waals surface area contributed by atoms with Crippen LogP contribution in [-0.2, 0) is 13.1 Å². The molecule has 0 radical (unpaired) electrons. The van der Waals surface area contributed by atoms with E-state index in [1.165, 1.54) is 0 Å². The highest BCUT2D eigenvalue weighted by Gasteiger charge is 2.26. The number of amides is 2. The van der Waals surface area contributed by atoms with E-state index >= 15 is 0 Å².